The molecule has 3 aromatic heterocycles. The Labute approximate surface area is 554 Å². The van der Waals surface area contributed by atoms with Crippen molar-refractivity contribution in [3.8, 4) is 45.6 Å². The number of aromatic amines is 2. The third-order valence-corrected chi connectivity index (χ3v) is 20.1. The fourth-order valence-corrected chi connectivity index (χ4v) is 14.9. The van der Waals surface area contributed by atoms with E-state index in [1.807, 2.05) is 0 Å². The summed E-state index contributed by atoms with van der Waals surface area (Å²) in [5, 5.41) is 25.0. The van der Waals surface area contributed by atoms with Gasteiger partial charge in [0.25, 0.3) is 0 Å². The van der Waals surface area contributed by atoms with Gasteiger partial charge in [0, 0.05) is 57.0 Å². The highest BCUT2D eigenvalue weighted by atomic mass is 16.3. The number of fused-ring (bicyclic) bond motifs is 20. The molecule has 4 N–H and O–H groups in total. The molecule has 0 atom stereocenters. The van der Waals surface area contributed by atoms with Crippen LogP contribution in [0.4, 0.5) is 0 Å². The molecule has 9 rings (SSSR count). The highest BCUT2D eigenvalue weighted by molar-refractivity contribution is 6.10. The van der Waals surface area contributed by atoms with Crippen LogP contribution in [0, 0.1) is 0 Å². The van der Waals surface area contributed by atoms with Crippen LogP contribution in [0.2, 0.25) is 0 Å². The third-order valence-electron chi connectivity index (χ3n) is 20.1. The summed E-state index contributed by atoms with van der Waals surface area (Å²) >= 11 is 0. The Morgan fingerprint density at radius 1 is 0.228 bits per heavy atom. The maximum absolute atomic E-state index is 10.2. The number of aromatic nitrogens is 8. The second-order valence-electron chi connectivity index (χ2n) is 27.5. The largest absolute Gasteiger partial charge is 0.396 e. The Bertz CT molecular complexity index is 3360. The first-order chi connectivity index (χ1) is 45.4. The van der Waals surface area contributed by atoms with Gasteiger partial charge in [-0.1, -0.05) is 244 Å². The summed E-state index contributed by atoms with van der Waals surface area (Å²) in [6.45, 7) is 14.1. The molecule has 0 aliphatic carbocycles. The van der Waals surface area contributed by atoms with Crippen molar-refractivity contribution in [2.24, 2.45) is 0 Å². The van der Waals surface area contributed by atoms with Gasteiger partial charge in [-0.05, 0) is 160 Å². The smallest absolute Gasteiger partial charge is 0.165 e. The van der Waals surface area contributed by atoms with Crippen LogP contribution in [0.3, 0.4) is 0 Å². The molecule has 92 heavy (non-hydrogen) atoms. The standard InChI is InChI=1S/C82H118N8O2/c1-7-13-19-25-31-41-59-49-50-60(42-32-26-20-14-8-2)68-67(59)75-83-76(68)85-78-70-62(44-34-28-22-16-10-4)52-54-64(46-36-30-24-18-12-6)72(70)80(87-78)89-82-74-66(48-38-40-58-92)56-55-65(47-37-39-57-91)73(74)81(90-82)88-79-71-63(45-35-29-23-17-11-5)53-51-61(43-33-27-21-15-9-3)69(71)77(84-75)86-79/h49-56,91-92H,7-48,57-58H2,1-6H3,(H2,83,84,85,86,87,88,89,90). The van der Waals surface area contributed by atoms with Gasteiger partial charge in [-0.25, -0.2) is 29.9 Å². The van der Waals surface area contributed by atoms with Crippen LogP contribution >= 0.6 is 0 Å². The minimum absolute atomic E-state index is 0.146. The molecule has 10 nitrogen and oxygen atoms in total. The lowest BCUT2D eigenvalue weighted by atomic mass is 9.91. The van der Waals surface area contributed by atoms with Crippen LogP contribution in [-0.4, -0.2) is 63.3 Å². The SMILES string of the molecule is CCCCCCCc1ccc(CCCCCCC)c2c1-c1nc-2nc2[nH]c(nc3nc(nc4[nH]c(n1)c1c(CCCCCCC)ccc(CCCCCCC)c41)-c1c(CCCCO)ccc(CCCCO)c1-3)c1c(CCCCCCC)ccc(CCCCCCC)c21. The van der Waals surface area contributed by atoms with Crippen LogP contribution < -0.4 is 0 Å². The average Bonchev–Trinajstić information content (AvgIpc) is 1.58. The molecule has 10 heteroatoms. The number of unbranched alkanes of at least 4 members (excludes halogenated alkanes) is 26. The molecular weight excluding hydrogens is 1130 g/mol. The van der Waals surface area contributed by atoms with Crippen LogP contribution in [0.5, 0.6) is 0 Å². The van der Waals surface area contributed by atoms with E-state index in [1.165, 1.54) is 199 Å². The number of H-pyrrole nitrogens is 2. The normalized spacial score (nSPS) is 12.1. The lowest BCUT2D eigenvalue weighted by Gasteiger charge is -2.13. The molecule has 8 bridgehead atoms. The van der Waals surface area contributed by atoms with E-state index in [-0.39, 0.29) is 13.2 Å². The van der Waals surface area contributed by atoms with Gasteiger partial charge in [-0.3, -0.25) is 0 Å². The molecule has 0 spiro atoms. The molecule has 0 unspecified atom stereocenters. The molecule has 0 amide bonds. The van der Waals surface area contributed by atoms with E-state index < -0.39 is 0 Å². The Hall–Kier alpha value is -5.84. The molecule has 0 radical (unpaired) electrons. The average molecular weight is 1250 g/mol. The highest BCUT2D eigenvalue weighted by Gasteiger charge is 2.30. The van der Waals surface area contributed by atoms with Gasteiger partial charge >= 0.3 is 0 Å². The second-order valence-corrected chi connectivity index (χ2v) is 27.5. The predicted molar refractivity (Wildman–Crippen MR) is 391 cm³/mol. The summed E-state index contributed by atoms with van der Waals surface area (Å²) < 4.78 is 0. The van der Waals surface area contributed by atoms with Crippen molar-refractivity contribution in [2.45, 2.75) is 311 Å². The minimum atomic E-state index is 0.146. The number of rotatable bonds is 44. The van der Waals surface area contributed by atoms with Crippen LogP contribution in [-0.2, 0) is 51.4 Å². The van der Waals surface area contributed by atoms with Crippen molar-refractivity contribution >= 4 is 44.1 Å². The first-order valence-corrected chi connectivity index (χ1v) is 38.0. The summed E-state index contributed by atoms with van der Waals surface area (Å²) in [6, 6.07) is 19.2. The summed E-state index contributed by atoms with van der Waals surface area (Å²) in [5.41, 5.74) is 17.8. The lowest BCUT2D eigenvalue weighted by Crippen LogP contribution is -1.99. The quantitative estimate of drug-likeness (QED) is 0.0276. The molecule has 2 aliphatic heterocycles. The van der Waals surface area contributed by atoms with Gasteiger partial charge in [-0.15, -0.1) is 0 Å². The Morgan fingerprint density at radius 2 is 0.413 bits per heavy atom. The molecule has 0 saturated heterocycles. The minimum Gasteiger partial charge on any atom is -0.396 e. The van der Waals surface area contributed by atoms with Crippen molar-refractivity contribution in [2.75, 3.05) is 13.2 Å². The highest BCUT2D eigenvalue weighted by Crippen LogP contribution is 2.45. The zero-order valence-electron chi connectivity index (χ0n) is 58.3. The van der Waals surface area contributed by atoms with E-state index in [4.69, 9.17) is 29.9 Å². The van der Waals surface area contributed by atoms with Gasteiger partial charge in [-0.2, -0.15) is 0 Å². The Balaban J connectivity index is 1.46. The first-order valence-electron chi connectivity index (χ1n) is 38.0. The number of benzene rings is 4. The molecule has 0 saturated carbocycles. The Kier molecular flexibility index (Phi) is 29.0. The van der Waals surface area contributed by atoms with E-state index >= 15 is 0 Å². The van der Waals surface area contributed by atoms with Crippen molar-refractivity contribution in [1.29, 1.82) is 0 Å². The fraction of sp³-hybridized carbons (Fsp3) is 0.610. The monoisotopic (exact) mass is 1250 g/mol. The van der Waals surface area contributed by atoms with Gasteiger partial charge in [0.05, 0.1) is 0 Å². The lowest BCUT2D eigenvalue weighted by molar-refractivity contribution is 0.284. The predicted octanol–water partition coefficient (Wildman–Crippen LogP) is 22.6. The molecule has 4 aromatic carbocycles. The van der Waals surface area contributed by atoms with Gasteiger partial charge in [0.2, 0.25) is 0 Å². The van der Waals surface area contributed by atoms with E-state index in [0.29, 0.717) is 24.5 Å². The van der Waals surface area contributed by atoms with Crippen molar-refractivity contribution in [3.63, 3.8) is 0 Å². The van der Waals surface area contributed by atoms with E-state index in [0.717, 1.165) is 181 Å². The van der Waals surface area contributed by atoms with E-state index in [2.05, 4.69) is 100 Å². The molecule has 0 fully saturated rings. The summed E-state index contributed by atoms with van der Waals surface area (Å²) in [6.07, 6.45) is 46.4. The molecule has 498 valence electrons. The fourth-order valence-electron chi connectivity index (χ4n) is 14.9. The number of hydrogen-bond acceptors (Lipinski definition) is 8. The molecule has 5 heterocycles. The number of hydrogen-bond donors (Lipinski definition) is 4. The van der Waals surface area contributed by atoms with Gasteiger partial charge in [0.15, 0.2) is 23.3 Å². The van der Waals surface area contributed by atoms with Crippen molar-refractivity contribution in [1.82, 2.24) is 39.9 Å². The molecule has 2 aliphatic rings. The zero-order valence-corrected chi connectivity index (χ0v) is 58.3. The van der Waals surface area contributed by atoms with Gasteiger partial charge < -0.3 is 20.2 Å². The maximum atomic E-state index is 10.2. The number of aliphatic hydroxyl groups excluding tert-OH is 2. The number of aryl methyl sites for hydroxylation is 8. The topological polar surface area (TPSA) is 149 Å². The van der Waals surface area contributed by atoms with Crippen LogP contribution in [0.25, 0.3) is 89.7 Å². The number of aliphatic hydroxyl groups is 2. The number of nitrogens with one attached hydrogen (secondary N) is 2. The third kappa shape index (κ3) is 18.3. The maximum Gasteiger partial charge on any atom is 0.165 e. The second kappa shape index (κ2) is 37.9. The summed E-state index contributed by atoms with van der Waals surface area (Å²) in [5.74, 6) is 2.83. The summed E-state index contributed by atoms with van der Waals surface area (Å²) in [7, 11) is 0. The number of nitrogens with zero attached hydrogens (tertiary/aromatic N) is 6. The zero-order chi connectivity index (χ0) is 64.3. The van der Waals surface area contributed by atoms with E-state index in [1.54, 1.807) is 0 Å². The van der Waals surface area contributed by atoms with Crippen LogP contribution in [0.1, 0.15) is 304 Å². The molecular formula is C82H118N8O2. The summed E-state index contributed by atoms with van der Waals surface area (Å²) in [4.78, 5) is 43.6. The Morgan fingerprint density at radius 3 is 0.620 bits per heavy atom. The van der Waals surface area contributed by atoms with Crippen LogP contribution in [0.15, 0.2) is 48.5 Å². The first kappa shape index (κ1) is 70.5. The van der Waals surface area contributed by atoms with Gasteiger partial charge in [0.1, 0.15) is 22.6 Å². The van der Waals surface area contributed by atoms with Crippen molar-refractivity contribution < 1.29 is 10.2 Å². The van der Waals surface area contributed by atoms with Crippen molar-refractivity contribution in [3.05, 3.63) is 93.0 Å². The van der Waals surface area contributed by atoms with E-state index in [9.17, 15) is 10.2 Å². The molecule has 7 aromatic rings.